The van der Waals surface area contributed by atoms with Gasteiger partial charge < -0.3 is 9.47 Å². The standard InChI is InChI=1S/C18H22ClNO3/c1-2-3-4-5-6-12-22-17(21)13-23-16-10-9-15(19)14-8-7-11-20-18(14)16/h7-11H,2-6,12-13H2,1H3. The third kappa shape index (κ3) is 5.39. The molecule has 0 aliphatic carbocycles. The summed E-state index contributed by atoms with van der Waals surface area (Å²) in [4.78, 5) is 16.0. The molecule has 0 amide bonds. The second-order valence-corrected chi connectivity index (χ2v) is 5.78. The van der Waals surface area contributed by atoms with E-state index in [1.807, 2.05) is 12.1 Å². The Hall–Kier alpha value is -1.81. The van der Waals surface area contributed by atoms with Crippen LogP contribution in [0.3, 0.4) is 0 Å². The minimum absolute atomic E-state index is 0.123. The summed E-state index contributed by atoms with van der Waals surface area (Å²) < 4.78 is 10.7. The van der Waals surface area contributed by atoms with Gasteiger partial charge in [0.15, 0.2) is 6.61 Å². The van der Waals surface area contributed by atoms with E-state index in [1.165, 1.54) is 19.3 Å². The van der Waals surface area contributed by atoms with Crippen LogP contribution >= 0.6 is 11.6 Å². The topological polar surface area (TPSA) is 48.4 Å². The molecule has 0 bridgehead atoms. The third-order valence-electron chi connectivity index (χ3n) is 3.54. The highest BCUT2D eigenvalue weighted by Gasteiger charge is 2.09. The molecule has 0 saturated carbocycles. The number of nitrogens with zero attached hydrogens (tertiary/aromatic N) is 1. The Bertz CT molecular complexity index is 645. The number of unbranched alkanes of at least 4 members (excludes halogenated alkanes) is 4. The molecule has 2 aromatic rings. The number of carbonyl (C=O) groups is 1. The predicted molar refractivity (Wildman–Crippen MR) is 92.0 cm³/mol. The van der Waals surface area contributed by atoms with Crippen LogP contribution in [0.15, 0.2) is 30.5 Å². The summed E-state index contributed by atoms with van der Waals surface area (Å²) in [6.07, 6.45) is 7.28. The van der Waals surface area contributed by atoms with E-state index in [2.05, 4.69) is 11.9 Å². The zero-order chi connectivity index (χ0) is 16.5. The van der Waals surface area contributed by atoms with Crippen molar-refractivity contribution in [2.75, 3.05) is 13.2 Å². The number of hydrogen-bond acceptors (Lipinski definition) is 4. The molecule has 0 aliphatic rings. The maximum atomic E-state index is 11.7. The van der Waals surface area contributed by atoms with Crippen molar-refractivity contribution in [1.82, 2.24) is 4.98 Å². The Morgan fingerprint density at radius 2 is 2.00 bits per heavy atom. The zero-order valence-electron chi connectivity index (χ0n) is 13.4. The van der Waals surface area contributed by atoms with E-state index < -0.39 is 0 Å². The maximum Gasteiger partial charge on any atom is 0.344 e. The van der Waals surface area contributed by atoms with Gasteiger partial charge in [0.1, 0.15) is 11.3 Å². The van der Waals surface area contributed by atoms with E-state index in [9.17, 15) is 4.79 Å². The van der Waals surface area contributed by atoms with Crippen molar-refractivity contribution in [3.05, 3.63) is 35.5 Å². The molecule has 0 unspecified atom stereocenters. The molecule has 0 N–H and O–H groups in total. The highest BCUT2D eigenvalue weighted by Crippen LogP contribution is 2.29. The highest BCUT2D eigenvalue weighted by molar-refractivity contribution is 6.35. The predicted octanol–water partition coefficient (Wildman–Crippen LogP) is 4.78. The van der Waals surface area contributed by atoms with Gasteiger partial charge in [-0.05, 0) is 30.7 Å². The number of fused-ring (bicyclic) bond motifs is 1. The summed E-state index contributed by atoms with van der Waals surface area (Å²) in [7, 11) is 0. The molecular weight excluding hydrogens is 314 g/mol. The van der Waals surface area contributed by atoms with E-state index in [1.54, 1.807) is 18.3 Å². The van der Waals surface area contributed by atoms with Gasteiger partial charge in [0.25, 0.3) is 0 Å². The van der Waals surface area contributed by atoms with Crippen LogP contribution in [0, 0.1) is 0 Å². The van der Waals surface area contributed by atoms with Crippen molar-refractivity contribution in [2.45, 2.75) is 39.0 Å². The average Bonchev–Trinajstić information content (AvgIpc) is 2.58. The van der Waals surface area contributed by atoms with Crippen LogP contribution in [0.2, 0.25) is 5.02 Å². The Labute approximate surface area is 141 Å². The first kappa shape index (κ1) is 17.5. The first-order valence-corrected chi connectivity index (χ1v) is 8.42. The molecule has 0 fully saturated rings. The quantitative estimate of drug-likeness (QED) is 0.488. The first-order chi connectivity index (χ1) is 11.2. The van der Waals surface area contributed by atoms with Crippen LogP contribution in [0.5, 0.6) is 5.75 Å². The fourth-order valence-electron chi connectivity index (χ4n) is 2.30. The molecule has 0 spiro atoms. The van der Waals surface area contributed by atoms with Crippen LogP contribution in [0.4, 0.5) is 0 Å². The van der Waals surface area contributed by atoms with Crippen LogP contribution < -0.4 is 4.74 Å². The van der Waals surface area contributed by atoms with Crippen LogP contribution in [-0.4, -0.2) is 24.2 Å². The number of carbonyl (C=O) groups excluding carboxylic acids is 1. The molecule has 1 aromatic heterocycles. The molecule has 0 radical (unpaired) electrons. The molecule has 0 aliphatic heterocycles. The summed E-state index contributed by atoms with van der Waals surface area (Å²) >= 11 is 6.13. The van der Waals surface area contributed by atoms with Crippen molar-refractivity contribution in [3.63, 3.8) is 0 Å². The molecular formula is C18H22ClNO3. The lowest BCUT2D eigenvalue weighted by Crippen LogP contribution is -2.15. The fourth-order valence-corrected chi connectivity index (χ4v) is 2.51. The molecule has 0 atom stereocenters. The molecule has 4 nitrogen and oxygen atoms in total. The smallest absolute Gasteiger partial charge is 0.344 e. The van der Waals surface area contributed by atoms with Gasteiger partial charge in [0.05, 0.1) is 11.6 Å². The Morgan fingerprint density at radius 3 is 2.83 bits per heavy atom. The normalized spacial score (nSPS) is 10.7. The number of esters is 1. The summed E-state index contributed by atoms with van der Waals surface area (Å²) in [5, 5.41) is 1.41. The monoisotopic (exact) mass is 335 g/mol. The van der Waals surface area contributed by atoms with Crippen molar-refractivity contribution in [3.8, 4) is 5.75 Å². The summed E-state index contributed by atoms with van der Waals surface area (Å²) in [5.74, 6) is 0.171. The number of ether oxygens (including phenoxy) is 2. The third-order valence-corrected chi connectivity index (χ3v) is 3.87. The van der Waals surface area contributed by atoms with Crippen molar-refractivity contribution < 1.29 is 14.3 Å². The van der Waals surface area contributed by atoms with Gasteiger partial charge in [-0.25, -0.2) is 4.79 Å². The number of rotatable bonds is 9. The largest absolute Gasteiger partial charge is 0.480 e. The molecule has 124 valence electrons. The average molecular weight is 336 g/mol. The SMILES string of the molecule is CCCCCCCOC(=O)COc1ccc(Cl)c2cccnc12. The van der Waals surface area contributed by atoms with Gasteiger partial charge in [-0.1, -0.05) is 44.2 Å². The Balaban J connectivity index is 1.80. The second kappa shape index (κ2) is 9.36. The molecule has 2 rings (SSSR count). The second-order valence-electron chi connectivity index (χ2n) is 5.37. The molecule has 0 saturated heterocycles. The van der Waals surface area contributed by atoms with Crippen molar-refractivity contribution in [1.29, 1.82) is 0 Å². The van der Waals surface area contributed by atoms with Gasteiger partial charge in [-0.3, -0.25) is 4.98 Å². The zero-order valence-corrected chi connectivity index (χ0v) is 14.1. The minimum atomic E-state index is -0.362. The Morgan fingerprint density at radius 1 is 1.17 bits per heavy atom. The van der Waals surface area contributed by atoms with E-state index in [-0.39, 0.29) is 12.6 Å². The lowest BCUT2D eigenvalue weighted by Gasteiger charge is -2.09. The van der Waals surface area contributed by atoms with Crippen molar-refractivity contribution >= 4 is 28.5 Å². The fraction of sp³-hybridized carbons (Fsp3) is 0.444. The van der Waals surface area contributed by atoms with E-state index in [0.29, 0.717) is 22.9 Å². The van der Waals surface area contributed by atoms with Gasteiger partial charge in [-0.15, -0.1) is 0 Å². The van der Waals surface area contributed by atoms with Gasteiger partial charge in [0, 0.05) is 11.6 Å². The number of aromatic nitrogens is 1. The molecule has 1 aromatic carbocycles. The van der Waals surface area contributed by atoms with Gasteiger partial charge in [-0.2, -0.15) is 0 Å². The van der Waals surface area contributed by atoms with E-state index >= 15 is 0 Å². The molecule has 23 heavy (non-hydrogen) atoms. The van der Waals surface area contributed by atoms with Gasteiger partial charge >= 0.3 is 5.97 Å². The number of halogens is 1. The minimum Gasteiger partial charge on any atom is -0.480 e. The summed E-state index contributed by atoms with van der Waals surface area (Å²) in [6.45, 7) is 2.50. The van der Waals surface area contributed by atoms with Crippen molar-refractivity contribution in [2.24, 2.45) is 0 Å². The number of benzene rings is 1. The number of hydrogen-bond donors (Lipinski definition) is 0. The summed E-state index contributed by atoms with van der Waals surface area (Å²) in [5.41, 5.74) is 0.646. The molecule has 5 heteroatoms. The van der Waals surface area contributed by atoms with Crippen LogP contribution in [-0.2, 0) is 9.53 Å². The van der Waals surface area contributed by atoms with E-state index in [0.717, 1.165) is 18.2 Å². The molecule has 1 heterocycles. The lowest BCUT2D eigenvalue weighted by molar-refractivity contribution is -0.146. The maximum absolute atomic E-state index is 11.7. The van der Waals surface area contributed by atoms with Crippen LogP contribution in [0.25, 0.3) is 10.9 Å². The highest BCUT2D eigenvalue weighted by atomic mass is 35.5. The lowest BCUT2D eigenvalue weighted by atomic mass is 10.2. The number of pyridine rings is 1. The van der Waals surface area contributed by atoms with Gasteiger partial charge in [0.2, 0.25) is 0 Å². The first-order valence-electron chi connectivity index (χ1n) is 8.04. The van der Waals surface area contributed by atoms with Crippen LogP contribution in [0.1, 0.15) is 39.0 Å². The summed E-state index contributed by atoms with van der Waals surface area (Å²) in [6, 6.07) is 7.13. The van der Waals surface area contributed by atoms with E-state index in [4.69, 9.17) is 21.1 Å². The Kier molecular flexibility index (Phi) is 7.14.